The number of phenols is 1. The van der Waals surface area contributed by atoms with E-state index in [4.69, 9.17) is 10.2 Å². The third-order valence-corrected chi connectivity index (χ3v) is 1.49. The van der Waals surface area contributed by atoms with Crippen LogP contribution in [0, 0.1) is 5.82 Å². The van der Waals surface area contributed by atoms with Gasteiger partial charge in [0.25, 0.3) is 6.43 Å². The van der Waals surface area contributed by atoms with Crippen LogP contribution >= 0.6 is 0 Å². The van der Waals surface area contributed by atoms with Crippen LogP contribution in [0.25, 0.3) is 0 Å². The molecule has 5 heteroatoms. The van der Waals surface area contributed by atoms with Gasteiger partial charge in [-0.05, 0) is 17.7 Å². The normalized spacial score (nSPS) is 13.3. The first kappa shape index (κ1) is 9.85. The Morgan fingerprint density at radius 1 is 1.15 bits per heavy atom. The minimum absolute atomic E-state index is 0.340. The van der Waals surface area contributed by atoms with Crippen LogP contribution in [0.3, 0.4) is 0 Å². The average molecular weight is 192 g/mol. The van der Waals surface area contributed by atoms with Crippen molar-refractivity contribution >= 4 is 0 Å². The van der Waals surface area contributed by atoms with Crippen molar-refractivity contribution in [2.24, 2.45) is 0 Å². The lowest BCUT2D eigenvalue weighted by Crippen LogP contribution is -2.07. The lowest BCUT2D eigenvalue weighted by Gasteiger charge is -2.09. The number of rotatable bonds is 2. The van der Waals surface area contributed by atoms with Gasteiger partial charge in [-0.1, -0.05) is 0 Å². The summed E-state index contributed by atoms with van der Waals surface area (Å²) in [5, 5.41) is 17.6. The molecule has 0 aliphatic rings. The quantitative estimate of drug-likeness (QED) is 0.750. The van der Waals surface area contributed by atoms with Crippen molar-refractivity contribution in [3.8, 4) is 5.75 Å². The Kier molecular flexibility index (Phi) is 2.77. The van der Waals surface area contributed by atoms with Crippen LogP contribution in [0.15, 0.2) is 18.2 Å². The van der Waals surface area contributed by atoms with E-state index in [9.17, 15) is 13.2 Å². The van der Waals surface area contributed by atoms with E-state index in [2.05, 4.69) is 0 Å². The number of aromatic hydroxyl groups is 1. The van der Waals surface area contributed by atoms with E-state index in [0.29, 0.717) is 0 Å². The van der Waals surface area contributed by atoms with E-state index in [-0.39, 0.29) is 5.56 Å². The van der Waals surface area contributed by atoms with Crippen molar-refractivity contribution in [1.82, 2.24) is 0 Å². The number of hydrogen-bond donors (Lipinski definition) is 2. The number of alkyl halides is 2. The molecule has 0 saturated carbocycles. The largest absolute Gasteiger partial charge is 0.508 e. The lowest BCUT2D eigenvalue weighted by molar-refractivity contribution is -0.00601. The number of phenolic OH excluding ortho intramolecular Hbond substituents is 1. The predicted octanol–water partition coefficient (Wildman–Crippen LogP) is 1.83. The zero-order chi connectivity index (χ0) is 10.0. The number of halogens is 3. The molecular weight excluding hydrogens is 185 g/mol. The second kappa shape index (κ2) is 3.66. The Balaban J connectivity index is 3.01. The van der Waals surface area contributed by atoms with Gasteiger partial charge in [-0.3, -0.25) is 0 Å². The molecule has 1 rings (SSSR count). The summed E-state index contributed by atoms with van der Waals surface area (Å²) in [6, 6.07) is 2.40. The molecule has 0 saturated heterocycles. The molecule has 0 aromatic heterocycles. The molecule has 72 valence electrons. The summed E-state index contributed by atoms with van der Waals surface area (Å²) >= 11 is 0. The van der Waals surface area contributed by atoms with Crippen molar-refractivity contribution in [1.29, 1.82) is 0 Å². The predicted molar refractivity (Wildman–Crippen MR) is 39.0 cm³/mol. The van der Waals surface area contributed by atoms with E-state index in [1.54, 1.807) is 0 Å². The molecule has 2 N–H and O–H groups in total. The first-order valence-electron chi connectivity index (χ1n) is 3.46. The second-order valence-corrected chi connectivity index (χ2v) is 2.52. The van der Waals surface area contributed by atoms with Crippen LogP contribution in [0.1, 0.15) is 11.7 Å². The molecule has 1 atom stereocenters. The smallest absolute Gasteiger partial charge is 0.268 e. The Morgan fingerprint density at radius 3 is 2.23 bits per heavy atom. The third-order valence-electron chi connectivity index (χ3n) is 1.49. The third kappa shape index (κ3) is 2.35. The van der Waals surface area contributed by atoms with Gasteiger partial charge in [0.15, 0.2) is 0 Å². The van der Waals surface area contributed by atoms with Crippen molar-refractivity contribution in [2.75, 3.05) is 0 Å². The Labute approximate surface area is 72.2 Å². The van der Waals surface area contributed by atoms with Crippen molar-refractivity contribution in [3.05, 3.63) is 29.6 Å². The second-order valence-electron chi connectivity index (χ2n) is 2.52. The van der Waals surface area contributed by atoms with E-state index in [1.807, 2.05) is 0 Å². The maximum Gasteiger partial charge on any atom is 0.268 e. The lowest BCUT2D eigenvalue weighted by atomic mass is 10.1. The minimum atomic E-state index is -3.00. The van der Waals surface area contributed by atoms with Crippen LogP contribution < -0.4 is 0 Å². The monoisotopic (exact) mass is 192 g/mol. The van der Waals surface area contributed by atoms with Crippen LogP contribution in [0.4, 0.5) is 13.2 Å². The Morgan fingerprint density at radius 2 is 1.77 bits per heavy atom. The Hall–Kier alpha value is -1.23. The van der Waals surface area contributed by atoms with Gasteiger partial charge in [-0.25, -0.2) is 13.2 Å². The molecule has 0 spiro atoms. The van der Waals surface area contributed by atoms with Gasteiger partial charge in [0, 0.05) is 6.07 Å². The molecule has 0 heterocycles. The van der Waals surface area contributed by atoms with Crippen LogP contribution in [0.2, 0.25) is 0 Å². The van der Waals surface area contributed by atoms with Gasteiger partial charge >= 0.3 is 0 Å². The summed E-state index contributed by atoms with van der Waals surface area (Å²) in [5.74, 6) is -1.36. The van der Waals surface area contributed by atoms with E-state index in [0.717, 1.165) is 18.2 Å². The topological polar surface area (TPSA) is 40.5 Å². The number of aliphatic hydroxyl groups is 1. The van der Waals surface area contributed by atoms with Gasteiger partial charge in [0.05, 0.1) is 0 Å². The van der Waals surface area contributed by atoms with E-state index >= 15 is 0 Å². The maximum atomic E-state index is 12.5. The highest BCUT2D eigenvalue weighted by Crippen LogP contribution is 2.24. The highest BCUT2D eigenvalue weighted by Gasteiger charge is 2.20. The van der Waals surface area contributed by atoms with Gasteiger partial charge in [-0.15, -0.1) is 0 Å². The van der Waals surface area contributed by atoms with E-state index in [1.165, 1.54) is 0 Å². The summed E-state index contributed by atoms with van der Waals surface area (Å²) in [7, 11) is 0. The molecule has 0 bridgehead atoms. The molecule has 13 heavy (non-hydrogen) atoms. The number of benzene rings is 1. The van der Waals surface area contributed by atoms with Crippen molar-refractivity contribution < 1.29 is 23.4 Å². The highest BCUT2D eigenvalue weighted by molar-refractivity contribution is 5.29. The van der Waals surface area contributed by atoms with E-state index < -0.39 is 24.1 Å². The number of hydrogen-bond acceptors (Lipinski definition) is 2. The van der Waals surface area contributed by atoms with Crippen LogP contribution in [-0.4, -0.2) is 16.6 Å². The zero-order valence-electron chi connectivity index (χ0n) is 6.42. The summed E-state index contributed by atoms with van der Waals surface area (Å²) in [6.07, 6.45) is -5.07. The molecule has 0 aliphatic carbocycles. The summed E-state index contributed by atoms with van der Waals surface area (Å²) in [6.45, 7) is 0. The minimum Gasteiger partial charge on any atom is -0.508 e. The molecule has 0 amide bonds. The van der Waals surface area contributed by atoms with Gasteiger partial charge < -0.3 is 10.2 Å². The number of aliphatic hydroxyl groups excluding tert-OH is 1. The summed E-state index contributed by atoms with van der Waals surface area (Å²) < 4.78 is 36.4. The molecule has 0 aliphatic heterocycles. The van der Waals surface area contributed by atoms with Gasteiger partial charge in [0.1, 0.15) is 17.7 Å². The fraction of sp³-hybridized carbons (Fsp3) is 0.250. The van der Waals surface area contributed by atoms with Gasteiger partial charge in [-0.2, -0.15) is 0 Å². The summed E-state index contributed by atoms with van der Waals surface area (Å²) in [5.41, 5.74) is -0.340. The SMILES string of the molecule is Oc1cc(F)cc(C(O)C(F)F)c1. The average Bonchev–Trinajstić information content (AvgIpc) is 2.01. The molecule has 0 radical (unpaired) electrons. The molecule has 1 unspecified atom stereocenters. The molecule has 0 fully saturated rings. The fourth-order valence-electron chi connectivity index (χ4n) is 0.912. The van der Waals surface area contributed by atoms with Crippen molar-refractivity contribution in [2.45, 2.75) is 12.5 Å². The summed E-state index contributed by atoms with van der Waals surface area (Å²) in [4.78, 5) is 0. The first-order valence-corrected chi connectivity index (χ1v) is 3.46. The van der Waals surface area contributed by atoms with Crippen LogP contribution in [0.5, 0.6) is 5.75 Å². The molecule has 2 nitrogen and oxygen atoms in total. The fourth-order valence-corrected chi connectivity index (χ4v) is 0.912. The Bertz CT molecular complexity index is 281. The highest BCUT2D eigenvalue weighted by atomic mass is 19.3. The maximum absolute atomic E-state index is 12.5. The standard InChI is InChI=1S/C8H7F3O2/c9-5-1-4(2-6(12)3-5)7(13)8(10)11/h1-3,7-8,12-13H. The molecule has 1 aromatic carbocycles. The molecule has 1 aromatic rings. The van der Waals surface area contributed by atoms with Gasteiger partial charge in [0.2, 0.25) is 0 Å². The first-order chi connectivity index (χ1) is 6.00. The zero-order valence-corrected chi connectivity index (χ0v) is 6.42. The molecular formula is C8H7F3O2. The van der Waals surface area contributed by atoms with Crippen LogP contribution in [-0.2, 0) is 0 Å². The van der Waals surface area contributed by atoms with Crippen molar-refractivity contribution in [3.63, 3.8) is 0 Å².